The van der Waals surface area contributed by atoms with Crippen LogP contribution in [0.15, 0.2) is 42.5 Å². The fourth-order valence-corrected chi connectivity index (χ4v) is 4.65. The molecule has 4 rings (SSSR count). The lowest BCUT2D eigenvalue weighted by molar-refractivity contribution is -0.222. The maximum atomic E-state index is 15.4. The zero-order chi connectivity index (χ0) is 28.4. The number of carbonyl (C=O) groups is 3. The van der Waals surface area contributed by atoms with Gasteiger partial charge in [0.1, 0.15) is 37.1 Å². The Morgan fingerprint density at radius 2 is 1.69 bits per heavy atom. The molecule has 0 saturated carbocycles. The second kappa shape index (κ2) is 11.8. The third kappa shape index (κ3) is 7.06. The van der Waals surface area contributed by atoms with E-state index in [0.717, 1.165) is 25.5 Å². The number of esters is 2. The van der Waals surface area contributed by atoms with Crippen LogP contribution in [0.4, 0.5) is 8.78 Å². The minimum atomic E-state index is -3.99. The van der Waals surface area contributed by atoms with Crippen LogP contribution in [0.2, 0.25) is 0 Å². The van der Waals surface area contributed by atoms with E-state index in [9.17, 15) is 14.4 Å². The van der Waals surface area contributed by atoms with E-state index in [1.54, 1.807) is 13.8 Å². The standard InChI is InChI=1S/C27H32F2O10/c1-15(30)33-14-20-18(35-16(2)31)10-11-22(36-20)27(28,29)21(32)12-19-23(34-13-17-8-6-5-7-9-17)24-25(37-19)39-26(3,4)38-24/h5-11,18-20,22-25H,12-14H2,1-4H3/t18-,19+,20+,22-,23+,24+,25+/m0/s1. The highest BCUT2D eigenvalue weighted by Gasteiger charge is 2.58. The highest BCUT2D eigenvalue weighted by atomic mass is 19.3. The van der Waals surface area contributed by atoms with Crippen LogP contribution >= 0.6 is 0 Å². The minimum absolute atomic E-state index is 0.146. The first-order chi connectivity index (χ1) is 18.4. The molecular formula is C27H32F2O10. The summed E-state index contributed by atoms with van der Waals surface area (Å²) >= 11 is 0. The van der Waals surface area contributed by atoms with E-state index in [4.69, 9.17) is 33.2 Å². The molecular weight excluding hydrogens is 522 g/mol. The normalized spacial score (nSPS) is 31.5. The fraction of sp³-hybridized carbons (Fsp3) is 0.593. The number of alkyl halides is 2. The molecule has 214 valence electrons. The number of carbonyl (C=O) groups excluding carboxylic acids is 3. The molecule has 3 heterocycles. The van der Waals surface area contributed by atoms with Crippen molar-refractivity contribution in [1.82, 2.24) is 0 Å². The summed E-state index contributed by atoms with van der Waals surface area (Å²) in [5, 5.41) is 0. The van der Waals surface area contributed by atoms with Gasteiger partial charge in [0.25, 0.3) is 0 Å². The monoisotopic (exact) mass is 554 g/mol. The summed E-state index contributed by atoms with van der Waals surface area (Å²) in [5.74, 6) is -7.77. The fourth-order valence-electron chi connectivity index (χ4n) is 4.65. The number of ketones is 1. The molecule has 0 aromatic heterocycles. The summed E-state index contributed by atoms with van der Waals surface area (Å²) in [5.41, 5.74) is 0.844. The molecule has 0 unspecified atom stereocenters. The molecule has 10 nitrogen and oxygen atoms in total. The Bertz CT molecular complexity index is 1080. The topological polar surface area (TPSA) is 116 Å². The first kappa shape index (κ1) is 29.2. The van der Waals surface area contributed by atoms with E-state index in [1.807, 2.05) is 30.3 Å². The molecule has 3 aliphatic rings. The van der Waals surface area contributed by atoms with Crippen molar-refractivity contribution < 1.29 is 56.3 Å². The lowest BCUT2D eigenvalue weighted by atomic mass is 9.96. The van der Waals surface area contributed by atoms with Gasteiger partial charge in [-0.3, -0.25) is 14.4 Å². The van der Waals surface area contributed by atoms with Gasteiger partial charge in [-0.1, -0.05) is 30.3 Å². The third-order valence-corrected chi connectivity index (χ3v) is 6.40. The largest absolute Gasteiger partial charge is 0.463 e. The number of Topliss-reactive ketones (excluding diaryl/α,β-unsaturated/α-hetero) is 1. The number of ether oxygens (including phenoxy) is 7. The van der Waals surface area contributed by atoms with E-state index in [0.29, 0.717) is 0 Å². The van der Waals surface area contributed by atoms with Crippen molar-refractivity contribution in [3.8, 4) is 0 Å². The van der Waals surface area contributed by atoms with Gasteiger partial charge in [0, 0.05) is 20.3 Å². The number of hydrogen-bond donors (Lipinski definition) is 0. The maximum absolute atomic E-state index is 15.4. The predicted molar refractivity (Wildman–Crippen MR) is 128 cm³/mol. The van der Waals surface area contributed by atoms with Crippen LogP contribution in [0.3, 0.4) is 0 Å². The molecule has 12 heteroatoms. The Hall–Kier alpha value is -2.77. The van der Waals surface area contributed by atoms with Crippen LogP contribution in [0.1, 0.15) is 39.7 Å². The molecule has 7 atom stereocenters. The Morgan fingerprint density at radius 1 is 0.974 bits per heavy atom. The van der Waals surface area contributed by atoms with Gasteiger partial charge in [-0.2, -0.15) is 8.78 Å². The van der Waals surface area contributed by atoms with Crippen molar-refractivity contribution in [2.24, 2.45) is 0 Å². The van der Waals surface area contributed by atoms with Crippen molar-refractivity contribution in [3.05, 3.63) is 48.0 Å². The van der Waals surface area contributed by atoms with Gasteiger partial charge in [0.2, 0.25) is 5.78 Å². The Labute approximate surface area is 224 Å². The smallest absolute Gasteiger partial charge is 0.334 e. The molecule has 1 aromatic carbocycles. The quantitative estimate of drug-likeness (QED) is 0.316. The van der Waals surface area contributed by atoms with E-state index >= 15 is 8.78 Å². The molecule has 2 saturated heterocycles. The Balaban J connectivity index is 1.46. The van der Waals surface area contributed by atoms with E-state index < -0.39 is 85.4 Å². The van der Waals surface area contributed by atoms with Gasteiger partial charge >= 0.3 is 17.9 Å². The van der Waals surface area contributed by atoms with Crippen molar-refractivity contribution in [1.29, 1.82) is 0 Å². The Kier molecular flexibility index (Phi) is 8.82. The molecule has 2 fully saturated rings. The van der Waals surface area contributed by atoms with Crippen molar-refractivity contribution in [2.75, 3.05) is 6.61 Å². The van der Waals surface area contributed by atoms with Gasteiger partial charge in [-0.15, -0.1) is 0 Å². The van der Waals surface area contributed by atoms with Crippen LogP contribution < -0.4 is 0 Å². The van der Waals surface area contributed by atoms with Gasteiger partial charge in [0.05, 0.1) is 12.7 Å². The van der Waals surface area contributed by atoms with Crippen molar-refractivity contribution in [2.45, 2.75) is 95.3 Å². The molecule has 39 heavy (non-hydrogen) atoms. The van der Waals surface area contributed by atoms with Gasteiger partial charge < -0.3 is 33.2 Å². The van der Waals surface area contributed by atoms with Crippen LogP contribution in [0.25, 0.3) is 0 Å². The van der Waals surface area contributed by atoms with Gasteiger partial charge in [0.15, 0.2) is 12.1 Å². The second-order valence-corrected chi connectivity index (χ2v) is 10.0. The zero-order valence-electron chi connectivity index (χ0n) is 22.0. The first-order valence-electron chi connectivity index (χ1n) is 12.6. The predicted octanol–water partition coefficient (Wildman–Crippen LogP) is 2.86. The minimum Gasteiger partial charge on any atom is -0.463 e. The van der Waals surface area contributed by atoms with Gasteiger partial charge in [-0.05, 0) is 31.6 Å². The molecule has 0 radical (unpaired) electrons. The maximum Gasteiger partial charge on any atom is 0.334 e. The number of hydrogen-bond acceptors (Lipinski definition) is 10. The summed E-state index contributed by atoms with van der Waals surface area (Å²) in [6.07, 6.45) is -6.41. The third-order valence-electron chi connectivity index (χ3n) is 6.40. The summed E-state index contributed by atoms with van der Waals surface area (Å²) in [6, 6.07) is 9.22. The lowest BCUT2D eigenvalue weighted by Crippen LogP contribution is -2.51. The number of benzene rings is 1. The molecule has 3 aliphatic heterocycles. The van der Waals surface area contributed by atoms with Crippen LogP contribution in [-0.2, 0) is 54.1 Å². The average molecular weight is 555 g/mol. The summed E-state index contributed by atoms with van der Waals surface area (Å²) in [4.78, 5) is 35.6. The highest BCUT2D eigenvalue weighted by Crippen LogP contribution is 2.41. The van der Waals surface area contributed by atoms with Crippen LogP contribution in [0, 0.1) is 0 Å². The SMILES string of the molecule is CC(=O)OC[C@H]1O[C@H](C(F)(F)C(=O)C[C@H]2O[C@@H]3OC(C)(C)O[C@@H]3[C@@H]2OCc2ccccc2)C=C[C@@H]1OC(C)=O. The first-order valence-corrected chi connectivity index (χ1v) is 12.6. The molecule has 0 amide bonds. The molecule has 0 N–H and O–H groups in total. The molecule has 0 spiro atoms. The van der Waals surface area contributed by atoms with Crippen molar-refractivity contribution in [3.63, 3.8) is 0 Å². The Morgan fingerprint density at radius 3 is 2.36 bits per heavy atom. The number of fused-ring (bicyclic) bond motifs is 1. The van der Waals surface area contributed by atoms with E-state index in [-0.39, 0.29) is 6.61 Å². The molecule has 0 bridgehead atoms. The molecule has 0 aliphatic carbocycles. The number of halogens is 2. The lowest BCUT2D eigenvalue weighted by Gasteiger charge is -2.34. The summed E-state index contributed by atoms with van der Waals surface area (Å²) in [7, 11) is 0. The number of rotatable bonds is 10. The van der Waals surface area contributed by atoms with Crippen LogP contribution in [-0.4, -0.2) is 79.0 Å². The highest BCUT2D eigenvalue weighted by molar-refractivity contribution is 5.87. The van der Waals surface area contributed by atoms with E-state index in [1.165, 1.54) is 6.08 Å². The zero-order valence-corrected chi connectivity index (χ0v) is 22.0. The summed E-state index contributed by atoms with van der Waals surface area (Å²) < 4.78 is 69.6. The van der Waals surface area contributed by atoms with Gasteiger partial charge in [-0.25, -0.2) is 0 Å². The second-order valence-electron chi connectivity index (χ2n) is 10.0. The van der Waals surface area contributed by atoms with Crippen molar-refractivity contribution >= 4 is 17.7 Å². The molecule has 1 aromatic rings. The summed E-state index contributed by atoms with van der Waals surface area (Å²) in [6.45, 7) is 5.36. The van der Waals surface area contributed by atoms with E-state index in [2.05, 4.69) is 0 Å². The average Bonchev–Trinajstić information content (AvgIpc) is 3.32. The van der Waals surface area contributed by atoms with Crippen LogP contribution in [0.5, 0.6) is 0 Å².